The van der Waals surface area contributed by atoms with Crippen molar-refractivity contribution in [3.8, 4) is 0 Å². The maximum Gasteiger partial charge on any atom is 0.337 e. The summed E-state index contributed by atoms with van der Waals surface area (Å²) >= 11 is 1.53. The number of amidine groups is 1. The molecule has 3 aliphatic carbocycles. The van der Waals surface area contributed by atoms with Gasteiger partial charge in [-0.15, -0.1) is 11.3 Å². The van der Waals surface area contributed by atoms with Crippen molar-refractivity contribution < 1.29 is 14.3 Å². The largest absolute Gasteiger partial charge is 0.463 e. The molecule has 1 aromatic heterocycles. The second-order valence-corrected chi connectivity index (χ2v) is 9.67. The number of carbonyl (C=O) groups is 2. The second-order valence-electron chi connectivity index (χ2n) is 8.77. The summed E-state index contributed by atoms with van der Waals surface area (Å²) in [7, 11) is 0. The molecule has 2 heterocycles. The topological polar surface area (TPSA) is 80.7 Å². The van der Waals surface area contributed by atoms with Gasteiger partial charge in [0.2, 0.25) is 0 Å². The number of carbonyl (C=O) groups excluding carboxylic acids is 2. The molecule has 1 aliphatic heterocycles. The molecule has 148 valence electrons. The minimum atomic E-state index is -0.287. The average molecular weight is 400 g/mol. The monoisotopic (exact) mass is 399 g/mol. The van der Waals surface area contributed by atoms with Gasteiger partial charge in [0.25, 0.3) is 0 Å². The van der Waals surface area contributed by atoms with E-state index in [9.17, 15) is 9.59 Å². The van der Waals surface area contributed by atoms with E-state index in [4.69, 9.17) is 4.74 Å². The van der Waals surface area contributed by atoms with Crippen LogP contribution in [0.15, 0.2) is 27.8 Å². The van der Waals surface area contributed by atoms with Gasteiger partial charge in [-0.2, -0.15) is 0 Å². The predicted molar refractivity (Wildman–Crippen MR) is 106 cm³/mol. The fourth-order valence-electron chi connectivity index (χ4n) is 7.24. The van der Waals surface area contributed by atoms with Crippen molar-refractivity contribution >= 4 is 29.4 Å². The molecule has 4 atom stereocenters. The van der Waals surface area contributed by atoms with Crippen LogP contribution < -0.4 is 5.32 Å². The van der Waals surface area contributed by atoms with E-state index in [1.807, 2.05) is 12.3 Å². The van der Waals surface area contributed by atoms with E-state index >= 15 is 0 Å². The summed E-state index contributed by atoms with van der Waals surface area (Å²) in [4.78, 5) is 33.6. The molecular formula is C21H25N3O3S. The van der Waals surface area contributed by atoms with Crippen LogP contribution in [-0.2, 0) is 14.3 Å². The average Bonchev–Trinajstić information content (AvgIpc) is 3.21. The Kier molecular flexibility index (Phi) is 3.70. The molecule has 0 spiro atoms. The third-order valence-corrected chi connectivity index (χ3v) is 8.91. The summed E-state index contributed by atoms with van der Waals surface area (Å²) in [5.41, 5.74) is 1.28. The number of rotatable bonds is 5. The highest BCUT2D eigenvalue weighted by Gasteiger charge is 2.88. The van der Waals surface area contributed by atoms with Gasteiger partial charge in [0.15, 0.2) is 10.8 Å². The minimum absolute atomic E-state index is 0.0988. The third kappa shape index (κ3) is 1.80. The van der Waals surface area contributed by atoms with E-state index < -0.39 is 0 Å². The van der Waals surface area contributed by atoms with E-state index in [1.165, 1.54) is 17.6 Å². The fraction of sp³-hybridized carbons (Fsp3) is 0.619. The lowest BCUT2D eigenvalue weighted by Gasteiger charge is -2.88. The zero-order valence-electron chi connectivity index (χ0n) is 16.6. The molecule has 3 saturated carbocycles. The number of hydrogen-bond donors (Lipinski definition) is 1. The number of aldehydes is 1. The van der Waals surface area contributed by atoms with Crippen molar-refractivity contribution in [2.45, 2.75) is 27.7 Å². The molecule has 0 radical (unpaired) electrons. The van der Waals surface area contributed by atoms with Crippen molar-refractivity contribution in [2.75, 3.05) is 13.2 Å². The number of nitrogens with one attached hydrogen (secondary N) is 1. The van der Waals surface area contributed by atoms with Gasteiger partial charge >= 0.3 is 5.97 Å². The van der Waals surface area contributed by atoms with Gasteiger partial charge in [0, 0.05) is 28.1 Å². The van der Waals surface area contributed by atoms with Crippen LogP contribution in [0.25, 0.3) is 0 Å². The number of aromatic nitrogens is 1. The molecular weight excluding hydrogens is 374 g/mol. The van der Waals surface area contributed by atoms with Crippen LogP contribution in [-0.4, -0.2) is 36.2 Å². The molecule has 1 aromatic rings. The lowest BCUT2D eigenvalue weighted by Crippen LogP contribution is -2.88. The molecule has 6 nitrogen and oxygen atoms in total. The lowest BCUT2D eigenvalue weighted by molar-refractivity contribution is -0.396. The van der Waals surface area contributed by atoms with Gasteiger partial charge in [-0.25, -0.2) is 9.78 Å². The summed E-state index contributed by atoms with van der Waals surface area (Å²) in [6, 6.07) is 0. The maximum atomic E-state index is 12.8. The van der Waals surface area contributed by atoms with Gasteiger partial charge < -0.3 is 14.8 Å². The van der Waals surface area contributed by atoms with Crippen molar-refractivity contribution in [3.05, 3.63) is 27.9 Å². The Bertz CT molecular complexity index is 888. The van der Waals surface area contributed by atoms with Crippen LogP contribution in [0.2, 0.25) is 0 Å². The first kappa shape index (κ1) is 18.0. The van der Waals surface area contributed by atoms with Gasteiger partial charge in [0.1, 0.15) is 6.29 Å². The maximum absolute atomic E-state index is 12.8. The smallest absolute Gasteiger partial charge is 0.337 e. The summed E-state index contributed by atoms with van der Waals surface area (Å²) in [6.07, 6.45) is 2.94. The van der Waals surface area contributed by atoms with Crippen molar-refractivity contribution in [3.63, 3.8) is 0 Å². The van der Waals surface area contributed by atoms with E-state index in [0.29, 0.717) is 48.3 Å². The van der Waals surface area contributed by atoms with E-state index in [-0.39, 0.29) is 16.8 Å². The van der Waals surface area contributed by atoms with Crippen molar-refractivity contribution in [1.82, 2.24) is 10.3 Å². The normalized spacial score (nSPS) is 42.9. The number of aliphatic imine (C=N–C) groups is 1. The number of nitrogens with zero attached hydrogens (tertiary/aromatic N) is 2. The SMILES string of the molecule is CCOC(=O)C1=C(C23C(C)C4C2C(C3C)C4(C)C=O)NC(c2nccs2)=NC1. The highest BCUT2D eigenvalue weighted by molar-refractivity contribution is 7.11. The number of thiazole rings is 1. The van der Waals surface area contributed by atoms with Crippen LogP contribution in [0, 0.1) is 40.4 Å². The van der Waals surface area contributed by atoms with Crippen LogP contribution in [0.1, 0.15) is 32.7 Å². The van der Waals surface area contributed by atoms with E-state index in [1.54, 1.807) is 6.20 Å². The van der Waals surface area contributed by atoms with E-state index in [2.05, 4.69) is 36.1 Å². The van der Waals surface area contributed by atoms with Crippen LogP contribution in [0.5, 0.6) is 0 Å². The second kappa shape index (κ2) is 5.75. The molecule has 0 bridgehead atoms. The predicted octanol–water partition coefficient (Wildman–Crippen LogP) is 2.66. The molecule has 3 fully saturated rings. The van der Waals surface area contributed by atoms with Crippen LogP contribution in [0.3, 0.4) is 0 Å². The first-order chi connectivity index (χ1) is 13.4. The van der Waals surface area contributed by atoms with Crippen molar-refractivity contribution in [2.24, 2.45) is 45.4 Å². The highest BCUT2D eigenvalue weighted by Crippen LogP contribution is 2.89. The molecule has 4 aliphatic rings. The quantitative estimate of drug-likeness (QED) is 0.608. The highest BCUT2D eigenvalue weighted by atomic mass is 32.1. The molecule has 28 heavy (non-hydrogen) atoms. The van der Waals surface area contributed by atoms with Gasteiger partial charge in [-0.3, -0.25) is 4.99 Å². The van der Waals surface area contributed by atoms with E-state index in [0.717, 1.165) is 16.5 Å². The Labute approximate surface area is 168 Å². The molecule has 0 amide bonds. The Morgan fingerprint density at radius 3 is 2.61 bits per heavy atom. The number of esters is 1. The standard InChI is InChI=1S/C21H25N3O3S/c1-5-27-19(26)12-8-23-17(18-22-6-7-28-18)24-16(12)21-10(2)13-15(21)14(11(21)3)20(13,4)9-25/h6-7,9-11,13-15H,5,8H2,1-4H3,(H,23,24). The Hall–Kier alpha value is -2.02. The number of ether oxygens (including phenoxy) is 1. The zero-order valence-corrected chi connectivity index (χ0v) is 17.4. The van der Waals surface area contributed by atoms with Gasteiger partial charge in [0.05, 0.1) is 18.7 Å². The molecule has 1 N–H and O–H groups in total. The molecule has 7 heteroatoms. The Morgan fingerprint density at radius 1 is 1.36 bits per heavy atom. The molecule has 4 unspecified atom stereocenters. The summed E-state index contributed by atoms with van der Waals surface area (Å²) in [5, 5.41) is 6.26. The Morgan fingerprint density at radius 2 is 2.07 bits per heavy atom. The molecule has 5 rings (SSSR count). The molecule has 0 aromatic carbocycles. The van der Waals surface area contributed by atoms with Crippen LogP contribution >= 0.6 is 11.3 Å². The lowest BCUT2D eigenvalue weighted by atomic mass is 9.14. The van der Waals surface area contributed by atoms with Gasteiger partial charge in [-0.05, 0) is 36.5 Å². The summed E-state index contributed by atoms with van der Waals surface area (Å²) in [6.45, 7) is 9.06. The van der Waals surface area contributed by atoms with Gasteiger partial charge in [-0.1, -0.05) is 20.8 Å². The Balaban J connectivity index is 1.56. The zero-order chi connectivity index (χ0) is 19.8. The summed E-state index contributed by atoms with van der Waals surface area (Å²) in [5.74, 6) is 2.35. The summed E-state index contributed by atoms with van der Waals surface area (Å²) < 4.78 is 5.36. The van der Waals surface area contributed by atoms with Crippen LogP contribution in [0.4, 0.5) is 0 Å². The minimum Gasteiger partial charge on any atom is -0.463 e. The first-order valence-corrected chi connectivity index (χ1v) is 10.9. The first-order valence-electron chi connectivity index (χ1n) is 10.0. The number of allylic oxidation sites excluding steroid dienone is 1. The van der Waals surface area contributed by atoms with Crippen molar-refractivity contribution in [1.29, 1.82) is 0 Å². The number of hydrogen-bond acceptors (Lipinski definition) is 7. The third-order valence-electron chi connectivity index (χ3n) is 8.13. The fourth-order valence-corrected chi connectivity index (χ4v) is 7.84. The molecule has 0 saturated heterocycles.